The number of hydrogen-bond acceptors (Lipinski definition) is 3. The first-order chi connectivity index (χ1) is 9.01. The molecule has 0 saturated carbocycles. The highest BCUT2D eigenvalue weighted by molar-refractivity contribution is 9.11. The predicted molar refractivity (Wildman–Crippen MR) is 82.0 cm³/mol. The molecule has 7 heteroatoms. The summed E-state index contributed by atoms with van der Waals surface area (Å²) in [7, 11) is -3.44. The summed E-state index contributed by atoms with van der Waals surface area (Å²) in [6.45, 7) is 0.264. The molecule has 0 aliphatic rings. The highest BCUT2D eigenvalue weighted by Gasteiger charge is 2.15. The second-order valence-electron chi connectivity index (χ2n) is 3.83. The Labute approximate surface area is 129 Å². The lowest BCUT2D eigenvalue weighted by molar-refractivity contribution is 0.583. The summed E-state index contributed by atoms with van der Waals surface area (Å²) >= 11 is 10.1. The molecule has 0 amide bonds. The first kappa shape index (κ1) is 15.0. The SMILES string of the molecule is O=S(=O)(NCc1ccc(CCl)cc1)c1ccc(Br)s1. The summed E-state index contributed by atoms with van der Waals surface area (Å²) in [5.41, 5.74) is 1.91. The Kier molecular flexibility index (Phi) is 5.03. The third-order valence-corrected chi connectivity index (χ3v) is 6.28. The second-order valence-corrected chi connectivity index (χ2v) is 8.56. The Morgan fingerprint density at radius 1 is 1.11 bits per heavy atom. The summed E-state index contributed by atoms with van der Waals surface area (Å²) in [6, 6.07) is 10.8. The first-order valence-corrected chi connectivity index (χ1v) is 9.03. The number of alkyl halides is 1. The Morgan fingerprint density at radius 2 is 1.74 bits per heavy atom. The maximum Gasteiger partial charge on any atom is 0.250 e. The molecule has 19 heavy (non-hydrogen) atoms. The molecule has 1 heterocycles. The molecule has 3 nitrogen and oxygen atoms in total. The van der Waals surface area contributed by atoms with E-state index in [1.54, 1.807) is 12.1 Å². The highest BCUT2D eigenvalue weighted by Crippen LogP contribution is 2.25. The summed E-state index contributed by atoms with van der Waals surface area (Å²) < 4.78 is 27.7. The zero-order valence-corrected chi connectivity index (χ0v) is 13.7. The topological polar surface area (TPSA) is 46.2 Å². The van der Waals surface area contributed by atoms with Crippen LogP contribution in [0, 0.1) is 0 Å². The Balaban J connectivity index is 2.05. The van der Waals surface area contributed by atoms with Crippen molar-refractivity contribution in [2.45, 2.75) is 16.6 Å². The van der Waals surface area contributed by atoms with Crippen LogP contribution < -0.4 is 4.72 Å². The zero-order chi connectivity index (χ0) is 13.9. The summed E-state index contributed by atoms with van der Waals surface area (Å²) in [5.74, 6) is 0.454. The predicted octanol–water partition coefficient (Wildman–Crippen LogP) is 3.73. The van der Waals surface area contributed by atoms with Crippen LogP contribution >= 0.6 is 38.9 Å². The monoisotopic (exact) mass is 379 g/mol. The molecule has 0 aliphatic heterocycles. The summed E-state index contributed by atoms with van der Waals surface area (Å²) in [4.78, 5) is 0. The fourth-order valence-electron chi connectivity index (χ4n) is 1.44. The van der Waals surface area contributed by atoms with Gasteiger partial charge < -0.3 is 0 Å². The molecule has 0 atom stereocenters. The van der Waals surface area contributed by atoms with Crippen molar-refractivity contribution in [2.24, 2.45) is 0 Å². The van der Waals surface area contributed by atoms with Crippen LogP contribution in [0.1, 0.15) is 11.1 Å². The molecule has 1 aromatic heterocycles. The van der Waals surface area contributed by atoms with E-state index in [4.69, 9.17) is 11.6 Å². The fourth-order valence-corrected chi connectivity index (χ4v) is 4.69. The second kappa shape index (κ2) is 6.37. The number of halogens is 2. The van der Waals surface area contributed by atoms with Gasteiger partial charge in [-0.1, -0.05) is 24.3 Å². The molecule has 0 fully saturated rings. The van der Waals surface area contributed by atoms with Crippen LogP contribution in [0.3, 0.4) is 0 Å². The molecule has 0 radical (unpaired) electrons. The fraction of sp³-hybridized carbons (Fsp3) is 0.167. The van der Waals surface area contributed by atoms with Crippen molar-refractivity contribution < 1.29 is 8.42 Å². The van der Waals surface area contributed by atoms with Crippen molar-refractivity contribution in [3.63, 3.8) is 0 Å². The van der Waals surface area contributed by atoms with Gasteiger partial charge in [0.2, 0.25) is 10.0 Å². The van der Waals surface area contributed by atoms with E-state index in [0.717, 1.165) is 14.9 Å². The minimum atomic E-state index is -3.44. The van der Waals surface area contributed by atoms with Crippen LogP contribution in [-0.4, -0.2) is 8.42 Å². The van der Waals surface area contributed by atoms with Gasteiger partial charge >= 0.3 is 0 Å². The molecule has 0 spiro atoms. The molecule has 0 unspecified atom stereocenters. The number of benzene rings is 1. The number of thiophene rings is 1. The van der Waals surface area contributed by atoms with Crippen molar-refractivity contribution >= 4 is 48.9 Å². The maximum absolute atomic E-state index is 12.0. The van der Waals surface area contributed by atoms with Gasteiger partial charge in [-0.3, -0.25) is 0 Å². The molecule has 0 saturated heterocycles. The van der Waals surface area contributed by atoms with Gasteiger partial charge in [0.05, 0.1) is 3.79 Å². The molecule has 1 N–H and O–H groups in total. The zero-order valence-electron chi connectivity index (χ0n) is 9.77. The molecule has 2 rings (SSSR count). The lowest BCUT2D eigenvalue weighted by atomic mass is 10.1. The van der Waals surface area contributed by atoms with Crippen molar-refractivity contribution in [3.05, 3.63) is 51.3 Å². The van der Waals surface area contributed by atoms with E-state index in [-0.39, 0.29) is 6.54 Å². The van der Waals surface area contributed by atoms with Crippen molar-refractivity contribution in [3.8, 4) is 0 Å². The van der Waals surface area contributed by atoms with Crippen LogP contribution in [0.5, 0.6) is 0 Å². The number of nitrogens with one attached hydrogen (secondary N) is 1. The van der Waals surface area contributed by atoms with E-state index in [2.05, 4.69) is 20.7 Å². The Bertz CT molecular complexity index is 653. The number of rotatable bonds is 5. The van der Waals surface area contributed by atoms with Gasteiger partial charge in [-0.05, 0) is 39.2 Å². The van der Waals surface area contributed by atoms with Crippen LogP contribution in [0.4, 0.5) is 0 Å². The Hall–Kier alpha value is -0.400. The van der Waals surface area contributed by atoms with Gasteiger partial charge in [-0.25, -0.2) is 13.1 Å². The standard InChI is InChI=1S/C12H11BrClNO2S2/c13-11-5-6-12(18-11)19(16,17)15-8-10-3-1-9(7-14)2-4-10/h1-6,15H,7-8H2. The minimum absolute atomic E-state index is 0.264. The lowest BCUT2D eigenvalue weighted by Crippen LogP contribution is -2.22. The van der Waals surface area contributed by atoms with E-state index >= 15 is 0 Å². The van der Waals surface area contributed by atoms with Gasteiger partial charge in [0, 0.05) is 12.4 Å². The van der Waals surface area contributed by atoms with Gasteiger partial charge in [0.1, 0.15) is 4.21 Å². The van der Waals surface area contributed by atoms with Crippen LogP contribution in [0.15, 0.2) is 44.4 Å². The minimum Gasteiger partial charge on any atom is -0.206 e. The molecule has 0 aliphatic carbocycles. The van der Waals surface area contributed by atoms with E-state index in [1.165, 1.54) is 11.3 Å². The average molecular weight is 381 g/mol. The van der Waals surface area contributed by atoms with Gasteiger partial charge in [0.25, 0.3) is 0 Å². The molecule has 1 aromatic carbocycles. The quantitative estimate of drug-likeness (QED) is 0.803. The first-order valence-electron chi connectivity index (χ1n) is 5.40. The highest BCUT2D eigenvalue weighted by atomic mass is 79.9. The van der Waals surface area contributed by atoms with E-state index in [9.17, 15) is 8.42 Å². The third kappa shape index (κ3) is 4.03. The molecular weight excluding hydrogens is 370 g/mol. The molecular formula is C12H11BrClNO2S2. The smallest absolute Gasteiger partial charge is 0.206 e. The summed E-state index contributed by atoms with van der Waals surface area (Å²) in [5, 5.41) is 0. The van der Waals surface area contributed by atoms with Crippen molar-refractivity contribution in [2.75, 3.05) is 0 Å². The van der Waals surface area contributed by atoms with Crippen molar-refractivity contribution in [1.29, 1.82) is 0 Å². The average Bonchev–Trinajstić information content (AvgIpc) is 2.85. The van der Waals surface area contributed by atoms with Gasteiger partial charge in [0.15, 0.2) is 0 Å². The lowest BCUT2D eigenvalue weighted by Gasteiger charge is -2.05. The van der Waals surface area contributed by atoms with Crippen LogP contribution in [0.25, 0.3) is 0 Å². The molecule has 0 bridgehead atoms. The van der Waals surface area contributed by atoms with E-state index in [1.807, 2.05) is 24.3 Å². The molecule has 102 valence electrons. The third-order valence-electron chi connectivity index (χ3n) is 2.46. The van der Waals surface area contributed by atoms with Crippen molar-refractivity contribution in [1.82, 2.24) is 4.72 Å². The van der Waals surface area contributed by atoms with E-state index < -0.39 is 10.0 Å². The normalized spacial score (nSPS) is 11.7. The van der Waals surface area contributed by atoms with Gasteiger partial charge in [-0.15, -0.1) is 22.9 Å². The largest absolute Gasteiger partial charge is 0.250 e. The van der Waals surface area contributed by atoms with Crippen LogP contribution in [-0.2, 0) is 22.4 Å². The number of sulfonamides is 1. The van der Waals surface area contributed by atoms with Crippen LogP contribution in [0.2, 0.25) is 0 Å². The maximum atomic E-state index is 12.0. The Morgan fingerprint density at radius 3 is 2.26 bits per heavy atom. The molecule has 2 aromatic rings. The summed E-state index contributed by atoms with van der Waals surface area (Å²) in [6.07, 6.45) is 0. The van der Waals surface area contributed by atoms with E-state index in [0.29, 0.717) is 10.1 Å². The van der Waals surface area contributed by atoms with Gasteiger partial charge in [-0.2, -0.15) is 0 Å². The number of hydrogen-bond donors (Lipinski definition) is 1.